The van der Waals surface area contributed by atoms with E-state index in [1.807, 2.05) is 0 Å². The monoisotopic (exact) mass is 494 g/mol. The highest BCUT2D eigenvalue weighted by molar-refractivity contribution is 5.67. The van der Waals surface area contributed by atoms with Gasteiger partial charge in [0.15, 0.2) is 6.29 Å². The lowest BCUT2D eigenvalue weighted by atomic mass is 9.42. The van der Waals surface area contributed by atoms with Crippen LogP contribution in [-0.2, 0) is 42.8 Å². The summed E-state index contributed by atoms with van der Waals surface area (Å²) in [7, 11) is 0. The van der Waals surface area contributed by atoms with Crippen molar-refractivity contribution in [2.75, 3.05) is 19.8 Å². The Morgan fingerprint density at radius 3 is 2.23 bits per heavy atom. The number of epoxide rings is 1. The summed E-state index contributed by atoms with van der Waals surface area (Å²) in [6, 6.07) is 0. The fourth-order valence-electron chi connectivity index (χ4n) is 8.09. The Morgan fingerprint density at radius 1 is 0.943 bits per heavy atom. The van der Waals surface area contributed by atoms with E-state index in [0.717, 1.165) is 19.4 Å². The first-order chi connectivity index (χ1) is 16.5. The number of hydrogen-bond acceptors (Lipinski definition) is 9. The molecule has 35 heavy (non-hydrogen) atoms. The third kappa shape index (κ3) is 3.72. The first-order valence-electron chi connectivity index (χ1n) is 12.9. The van der Waals surface area contributed by atoms with Crippen LogP contribution in [-0.4, -0.2) is 67.9 Å². The third-order valence-corrected chi connectivity index (χ3v) is 9.85. The van der Waals surface area contributed by atoms with Gasteiger partial charge >= 0.3 is 17.9 Å². The van der Waals surface area contributed by atoms with E-state index in [1.165, 1.54) is 20.8 Å². The minimum atomic E-state index is -0.885. The number of fused-ring (bicyclic) bond motifs is 3. The molecular weight excluding hydrogens is 456 g/mol. The topological polar surface area (TPSA) is 110 Å². The van der Waals surface area contributed by atoms with Gasteiger partial charge in [-0.25, -0.2) is 0 Å². The molecule has 196 valence electrons. The SMILES string of the molecule is CC(=O)OC[C@@]12[C@@H](OC(C)=O)C[C@@H](C)[C@](C)(C3C[C@H]4CCO[C@H]4O3)[C@H]1CC[C@H](OC(C)=O)[C@]21CO1. The highest BCUT2D eigenvalue weighted by atomic mass is 16.7. The highest BCUT2D eigenvalue weighted by Gasteiger charge is 2.80. The normalized spacial score (nSPS) is 48.1. The lowest BCUT2D eigenvalue weighted by Crippen LogP contribution is -2.72. The number of rotatable bonds is 5. The van der Waals surface area contributed by atoms with Gasteiger partial charge in [-0.3, -0.25) is 14.4 Å². The predicted octanol–water partition coefficient (Wildman–Crippen LogP) is 2.78. The summed E-state index contributed by atoms with van der Waals surface area (Å²) < 4.78 is 36.2. The van der Waals surface area contributed by atoms with Gasteiger partial charge < -0.3 is 28.4 Å². The van der Waals surface area contributed by atoms with E-state index < -0.39 is 35.2 Å². The second-order valence-corrected chi connectivity index (χ2v) is 11.5. The molecule has 3 saturated heterocycles. The van der Waals surface area contributed by atoms with Crippen molar-refractivity contribution in [3.05, 3.63) is 0 Å². The minimum absolute atomic E-state index is 0.0289. The summed E-state index contributed by atoms with van der Waals surface area (Å²) in [5.74, 6) is -0.705. The van der Waals surface area contributed by atoms with E-state index in [2.05, 4.69) is 13.8 Å². The van der Waals surface area contributed by atoms with Crippen molar-refractivity contribution in [1.29, 1.82) is 0 Å². The smallest absolute Gasteiger partial charge is 0.303 e. The van der Waals surface area contributed by atoms with Gasteiger partial charge in [0.1, 0.15) is 24.4 Å². The highest BCUT2D eigenvalue weighted by Crippen LogP contribution is 2.70. The van der Waals surface area contributed by atoms with Crippen LogP contribution in [0.15, 0.2) is 0 Å². The van der Waals surface area contributed by atoms with Crippen LogP contribution in [0.25, 0.3) is 0 Å². The van der Waals surface area contributed by atoms with Crippen molar-refractivity contribution in [3.63, 3.8) is 0 Å². The zero-order valence-electron chi connectivity index (χ0n) is 21.4. The number of carbonyl (C=O) groups excluding carboxylic acids is 3. The maximum atomic E-state index is 12.3. The van der Waals surface area contributed by atoms with Gasteiger partial charge in [-0.15, -0.1) is 0 Å². The number of esters is 3. The van der Waals surface area contributed by atoms with Crippen LogP contribution in [0.1, 0.15) is 66.7 Å². The molecule has 2 saturated carbocycles. The fourth-order valence-corrected chi connectivity index (χ4v) is 8.09. The lowest BCUT2D eigenvalue weighted by molar-refractivity contribution is -0.270. The number of carbonyl (C=O) groups is 3. The number of hydrogen-bond donors (Lipinski definition) is 0. The summed E-state index contributed by atoms with van der Waals surface area (Å²) in [6.07, 6.45) is 2.52. The average molecular weight is 495 g/mol. The minimum Gasteiger partial charge on any atom is -0.465 e. The van der Waals surface area contributed by atoms with Gasteiger partial charge in [0.25, 0.3) is 0 Å². The predicted molar refractivity (Wildman–Crippen MR) is 121 cm³/mol. The van der Waals surface area contributed by atoms with E-state index in [4.69, 9.17) is 28.4 Å². The summed E-state index contributed by atoms with van der Waals surface area (Å²) >= 11 is 0. The first-order valence-corrected chi connectivity index (χ1v) is 12.9. The van der Waals surface area contributed by atoms with Gasteiger partial charge in [0.05, 0.1) is 24.7 Å². The van der Waals surface area contributed by atoms with Crippen molar-refractivity contribution in [1.82, 2.24) is 0 Å². The molecule has 0 aromatic rings. The third-order valence-electron chi connectivity index (χ3n) is 9.85. The van der Waals surface area contributed by atoms with Gasteiger partial charge in [0.2, 0.25) is 0 Å². The summed E-state index contributed by atoms with van der Waals surface area (Å²) in [6.45, 7) is 9.74. The van der Waals surface area contributed by atoms with E-state index >= 15 is 0 Å². The van der Waals surface area contributed by atoms with Crippen LogP contribution >= 0.6 is 0 Å². The van der Waals surface area contributed by atoms with Crippen LogP contribution in [0.4, 0.5) is 0 Å². The van der Waals surface area contributed by atoms with Gasteiger partial charge in [-0.1, -0.05) is 13.8 Å². The molecule has 0 N–H and O–H groups in total. The fraction of sp³-hybridized carbons (Fsp3) is 0.885. The molecule has 9 nitrogen and oxygen atoms in total. The molecule has 0 aromatic carbocycles. The second kappa shape index (κ2) is 8.70. The quantitative estimate of drug-likeness (QED) is 0.324. The standard InChI is InChI=1S/C26H38O9/c1-14-10-22(34-17(4)29)25(12-31-15(2)27)19(6-7-20(33-16(3)28)26(25)13-32-26)24(14,5)21-11-18-8-9-30-23(18)35-21/h14,18-23H,6-13H2,1-5H3/t14-,18-,19-,20+,21?,22+,23+,24+,25+,26-/m1/s1. The molecule has 10 atom stereocenters. The molecule has 5 fully saturated rings. The van der Waals surface area contributed by atoms with Crippen molar-refractivity contribution in [2.24, 2.45) is 28.6 Å². The Kier molecular flexibility index (Phi) is 6.20. The molecule has 1 spiro atoms. The number of ether oxygens (including phenoxy) is 6. The zero-order valence-corrected chi connectivity index (χ0v) is 21.4. The van der Waals surface area contributed by atoms with Crippen molar-refractivity contribution in [3.8, 4) is 0 Å². The van der Waals surface area contributed by atoms with Crippen LogP contribution < -0.4 is 0 Å². The Bertz CT molecular complexity index is 872. The molecule has 2 aliphatic carbocycles. The molecule has 0 amide bonds. The maximum absolute atomic E-state index is 12.3. The molecule has 5 aliphatic rings. The largest absolute Gasteiger partial charge is 0.465 e. The Hall–Kier alpha value is -1.71. The summed E-state index contributed by atoms with van der Waals surface area (Å²) in [4.78, 5) is 36.4. The molecule has 3 heterocycles. The molecular formula is C26H38O9. The maximum Gasteiger partial charge on any atom is 0.303 e. The zero-order chi connectivity index (χ0) is 25.2. The van der Waals surface area contributed by atoms with Gasteiger partial charge in [-0.2, -0.15) is 0 Å². The second-order valence-electron chi connectivity index (χ2n) is 11.5. The Morgan fingerprint density at radius 2 is 1.63 bits per heavy atom. The van der Waals surface area contributed by atoms with E-state index in [9.17, 15) is 14.4 Å². The Balaban J connectivity index is 1.61. The van der Waals surface area contributed by atoms with Crippen molar-refractivity contribution < 1.29 is 42.8 Å². The molecule has 0 radical (unpaired) electrons. The Labute approximate surface area is 206 Å². The van der Waals surface area contributed by atoms with Gasteiger partial charge in [0, 0.05) is 32.1 Å². The van der Waals surface area contributed by atoms with E-state index in [0.29, 0.717) is 31.8 Å². The van der Waals surface area contributed by atoms with Gasteiger partial charge in [-0.05, 0) is 43.9 Å². The van der Waals surface area contributed by atoms with Crippen LogP contribution in [0.5, 0.6) is 0 Å². The first kappa shape index (κ1) is 25.0. The summed E-state index contributed by atoms with van der Waals surface area (Å²) in [5, 5.41) is 0. The van der Waals surface area contributed by atoms with Crippen LogP contribution in [0, 0.1) is 28.6 Å². The van der Waals surface area contributed by atoms with Crippen molar-refractivity contribution in [2.45, 2.75) is 96.9 Å². The molecule has 0 aromatic heterocycles. The lowest BCUT2D eigenvalue weighted by Gasteiger charge is -2.64. The molecule has 1 unspecified atom stereocenters. The van der Waals surface area contributed by atoms with E-state index in [1.54, 1.807) is 0 Å². The summed E-state index contributed by atoms with van der Waals surface area (Å²) in [5.41, 5.74) is -2.07. The van der Waals surface area contributed by atoms with E-state index in [-0.39, 0.29) is 42.2 Å². The molecule has 3 aliphatic heterocycles. The average Bonchev–Trinajstić information content (AvgIpc) is 3.26. The van der Waals surface area contributed by atoms with Crippen molar-refractivity contribution >= 4 is 17.9 Å². The molecule has 0 bridgehead atoms. The molecule has 5 rings (SSSR count). The van der Waals surface area contributed by atoms with Crippen LogP contribution in [0.3, 0.4) is 0 Å². The van der Waals surface area contributed by atoms with Crippen LogP contribution in [0.2, 0.25) is 0 Å². The molecule has 9 heteroatoms.